The number of hydrazone groups is 1. The molecular formula is C24H18N4O2. The second kappa shape index (κ2) is 8.79. The summed E-state index contributed by atoms with van der Waals surface area (Å²) in [5, 5.41) is 7.47. The molecule has 4 aromatic rings. The van der Waals surface area contributed by atoms with Crippen molar-refractivity contribution >= 4 is 34.6 Å². The Morgan fingerprint density at radius 1 is 0.833 bits per heavy atom. The lowest BCUT2D eigenvalue weighted by Gasteiger charge is -2.10. The highest BCUT2D eigenvalue weighted by atomic mass is 16.2. The number of carbonyl (C=O) groups is 2. The summed E-state index contributed by atoms with van der Waals surface area (Å²) in [5.41, 5.74) is 6.14. The SMILES string of the molecule is O=C(N/N=C\c1cnc2ccccc2c1)C(=O)Nc1ccccc1-c1ccccc1. The number of rotatable bonds is 4. The van der Waals surface area contributed by atoms with Crippen LogP contribution in [-0.2, 0) is 9.59 Å². The summed E-state index contributed by atoms with van der Waals surface area (Å²) in [4.78, 5) is 28.8. The maximum Gasteiger partial charge on any atom is 0.329 e. The topological polar surface area (TPSA) is 83.5 Å². The van der Waals surface area contributed by atoms with Crippen LogP contribution in [-0.4, -0.2) is 23.0 Å². The van der Waals surface area contributed by atoms with Gasteiger partial charge in [-0.2, -0.15) is 5.10 Å². The van der Waals surface area contributed by atoms with Crippen molar-refractivity contribution in [3.05, 3.63) is 96.7 Å². The highest BCUT2D eigenvalue weighted by Crippen LogP contribution is 2.27. The van der Waals surface area contributed by atoms with Crippen LogP contribution in [0.5, 0.6) is 0 Å². The van der Waals surface area contributed by atoms with Crippen LogP contribution in [0.1, 0.15) is 5.56 Å². The number of para-hydroxylation sites is 2. The van der Waals surface area contributed by atoms with Gasteiger partial charge in [-0.1, -0.05) is 66.7 Å². The molecule has 1 aromatic heterocycles. The third-order valence-corrected chi connectivity index (χ3v) is 4.46. The van der Waals surface area contributed by atoms with Crippen molar-refractivity contribution in [2.75, 3.05) is 5.32 Å². The van der Waals surface area contributed by atoms with E-state index in [2.05, 4.69) is 20.8 Å². The van der Waals surface area contributed by atoms with E-state index in [1.165, 1.54) is 6.21 Å². The van der Waals surface area contributed by atoms with Crippen LogP contribution in [0.15, 0.2) is 96.2 Å². The molecule has 146 valence electrons. The van der Waals surface area contributed by atoms with Crippen LogP contribution in [0.3, 0.4) is 0 Å². The number of nitrogens with one attached hydrogen (secondary N) is 2. The number of nitrogens with zero attached hydrogens (tertiary/aromatic N) is 2. The third-order valence-electron chi connectivity index (χ3n) is 4.46. The number of hydrogen-bond donors (Lipinski definition) is 2. The van der Waals surface area contributed by atoms with Gasteiger partial charge in [0.15, 0.2) is 0 Å². The van der Waals surface area contributed by atoms with E-state index in [9.17, 15) is 9.59 Å². The van der Waals surface area contributed by atoms with E-state index in [4.69, 9.17) is 0 Å². The van der Waals surface area contributed by atoms with Crippen molar-refractivity contribution in [2.24, 2.45) is 5.10 Å². The van der Waals surface area contributed by atoms with Gasteiger partial charge in [0.05, 0.1) is 11.7 Å². The van der Waals surface area contributed by atoms with Gasteiger partial charge in [-0.3, -0.25) is 14.6 Å². The van der Waals surface area contributed by atoms with E-state index in [-0.39, 0.29) is 0 Å². The predicted octanol–water partition coefficient (Wildman–Crippen LogP) is 3.99. The Balaban J connectivity index is 1.42. The molecule has 0 radical (unpaired) electrons. The Morgan fingerprint density at radius 3 is 2.43 bits per heavy atom. The summed E-state index contributed by atoms with van der Waals surface area (Å²) < 4.78 is 0. The number of carbonyl (C=O) groups excluding carboxylic acids is 2. The van der Waals surface area contributed by atoms with Crippen molar-refractivity contribution in [3.63, 3.8) is 0 Å². The molecule has 30 heavy (non-hydrogen) atoms. The van der Waals surface area contributed by atoms with E-state index in [0.717, 1.165) is 22.0 Å². The molecule has 0 spiro atoms. The molecule has 6 heteroatoms. The van der Waals surface area contributed by atoms with Gasteiger partial charge in [0.2, 0.25) is 0 Å². The Bertz CT molecular complexity index is 1240. The lowest BCUT2D eigenvalue weighted by Crippen LogP contribution is -2.32. The molecule has 0 bridgehead atoms. The molecule has 0 unspecified atom stereocenters. The monoisotopic (exact) mass is 394 g/mol. The summed E-state index contributed by atoms with van der Waals surface area (Å²) in [7, 11) is 0. The molecule has 6 nitrogen and oxygen atoms in total. The molecule has 0 fully saturated rings. The molecule has 0 aliphatic heterocycles. The Hall–Kier alpha value is -4.32. The molecule has 0 atom stereocenters. The van der Waals surface area contributed by atoms with Crippen LogP contribution < -0.4 is 10.7 Å². The number of aromatic nitrogens is 1. The minimum atomic E-state index is -0.858. The smallest absolute Gasteiger partial charge is 0.317 e. The Labute approximate surface area is 173 Å². The first-order valence-corrected chi connectivity index (χ1v) is 9.34. The molecular weight excluding hydrogens is 376 g/mol. The largest absolute Gasteiger partial charge is 0.329 e. The van der Waals surface area contributed by atoms with Gasteiger partial charge in [0.25, 0.3) is 0 Å². The number of fused-ring (bicyclic) bond motifs is 1. The quantitative estimate of drug-likeness (QED) is 0.312. The van der Waals surface area contributed by atoms with Crippen LogP contribution in [0.4, 0.5) is 5.69 Å². The fourth-order valence-corrected chi connectivity index (χ4v) is 3.02. The van der Waals surface area contributed by atoms with Gasteiger partial charge in [0, 0.05) is 28.4 Å². The average Bonchev–Trinajstić information content (AvgIpc) is 2.80. The molecule has 1 heterocycles. The van der Waals surface area contributed by atoms with Crippen molar-refractivity contribution in [1.82, 2.24) is 10.4 Å². The highest BCUT2D eigenvalue weighted by molar-refractivity contribution is 6.39. The van der Waals surface area contributed by atoms with Crippen LogP contribution >= 0.6 is 0 Å². The molecule has 0 saturated carbocycles. The molecule has 0 saturated heterocycles. The van der Waals surface area contributed by atoms with Crippen molar-refractivity contribution in [3.8, 4) is 11.1 Å². The summed E-state index contributed by atoms with van der Waals surface area (Å²) in [6.45, 7) is 0. The van der Waals surface area contributed by atoms with Gasteiger partial charge >= 0.3 is 11.8 Å². The second-order valence-corrected chi connectivity index (χ2v) is 6.53. The number of hydrogen-bond acceptors (Lipinski definition) is 4. The third kappa shape index (κ3) is 4.39. The number of pyridine rings is 1. The van der Waals surface area contributed by atoms with Gasteiger partial charge in [-0.05, 0) is 23.8 Å². The van der Waals surface area contributed by atoms with Crippen LogP contribution in [0.25, 0.3) is 22.0 Å². The zero-order chi connectivity index (χ0) is 20.8. The van der Waals surface area contributed by atoms with Gasteiger partial charge in [-0.15, -0.1) is 0 Å². The predicted molar refractivity (Wildman–Crippen MR) is 118 cm³/mol. The first kappa shape index (κ1) is 19.0. The zero-order valence-electron chi connectivity index (χ0n) is 15.9. The van der Waals surface area contributed by atoms with Gasteiger partial charge in [-0.25, -0.2) is 5.43 Å². The minimum Gasteiger partial charge on any atom is -0.317 e. The fourth-order valence-electron chi connectivity index (χ4n) is 3.02. The van der Waals surface area contributed by atoms with Crippen molar-refractivity contribution < 1.29 is 9.59 Å². The van der Waals surface area contributed by atoms with Crippen LogP contribution in [0.2, 0.25) is 0 Å². The Morgan fingerprint density at radius 2 is 1.57 bits per heavy atom. The summed E-state index contributed by atoms with van der Waals surface area (Å²) >= 11 is 0. The summed E-state index contributed by atoms with van der Waals surface area (Å²) in [5.74, 6) is -1.66. The second-order valence-electron chi connectivity index (χ2n) is 6.53. The zero-order valence-corrected chi connectivity index (χ0v) is 15.9. The normalized spacial score (nSPS) is 10.8. The maximum atomic E-state index is 12.3. The molecule has 4 rings (SSSR count). The van der Waals surface area contributed by atoms with E-state index >= 15 is 0 Å². The summed E-state index contributed by atoms with van der Waals surface area (Å²) in [6, 6.07) is 26.5. The summed E-state index contributed by atoms with van der Waals surface area (Å²) in [6.07, 6.45) is 3.09. The molecule has 0 aliphatic carbocycles. The fraction of sp³-hybridized carbons (Fsp3) is 0. The van der Waals surface area contributed by atoms with Gasteiger partial charge in [0.1, 0.15) is 0 Å². The standard InChI is InChI=1S/C24H18N4O2/c29-23(27-22-13-7-5-11-20(22)18-8-2-1-3-9-18)24(30)28-26-16-17-14-19-10-4-6-12-21(19)25-15-17/h1-16H,(H,27,29)(H,28,30)/b26-16-. The van der Waals surface area contributed by atoms with Crippen molar-refractivity contribution in [2.45, 2.75) is 0 Å². The lowest BCUT2D eigenvalue weighted by atomic mass is 10.0. The number of benzene rings is 3. The lowest BCUT2D eigenvalue weighted by molar-refractivity contribution is -0.136. The minimum absolute atomic E-state index is 0.548. The first-order chi connectivity index (χ1) is 14.7. The first-order valence-electron chi connectivity index (χ1n) is 9.34. The van der Waals surface area contributed by atoms with E-state index in [0.29, 0.717) is 11.3 Å². The number of anilines is 1. The molecule has 2 N–H and O–H groups in total. The molecule has 2 amide bonds. The van der Waals surface area contributed by atoms with E-state index in [1.807, 2.05) is 72.8 Å². The Kier molecular flexibility index (Phi) is 5.57. The van der Waals surface area contributed by atoms with Crippen LogP contribution in [0, 0.1) is 0 Å². The van der Waals surface area contributed by atoms with Gasteiger partial charge < -0.3 is 5.32 Å². The number of amides is 2. The highest BCUT2D eigenvalue weighted by Gasteiger charge is 2.15. The van der Waals surface area contributed by atoms with Crippen molar-refractivity contribution in [1.29, 1.82) is 0 Å². The average molecular weight is 394 g/mol. The molecule has 0 aliphatic rings. The van der Waals surface area contributed by atoms with E-state index in [1.54, 1.807) is 18.3 Å². The molecule has 3 aromatic carbocycles. The maximum absolute atomic E-state index is 12.3. The van der Waals surface area contributed by atoms with E-state index < -0.39 is 11.8 Å².